The molecule has 0 radical (unpaired) electrons. The summed E-state index contributed by atoms with van der Waals surface area (Å²) in [5.41, 5.74) is -0.571. The summed E-state index contributed by atoms with van der Waals surface area (Å²) in [6.45, 7) is 0. The number of carbonyl (C=O) groups excluding carboxylic acids is 1. The van der Waals surface area contributed by atoms with Gasteiger partial charge >= 0.3 is 0 Å². The van der Waals surface area contributed by atoms with Crippen LogP contribution in [-0.4, -0.2) is 20.9 Å². The molecule has 1 heterocycles. The molecule has 2 N–H and O–H groups in total. The third-order valence-electron chi connectivity index (χ3n) is 2.49. The Morgan fingerprint density at radius 1 is 1.43 bits per heavy atom. The Morgan fingerprint density at radius 3 is 2.76 bits per heavy atom. The second kappa shape index (κ2) is 5.71. The van der Waals surface area contributed by atoms with Crippen LogP contribution in [0.3, 0.4) is 0 Å². The van der Waals surface area contributed by atoms with Gasteiger partial charge in [-0.15, -0.1) is 0 Å². The van der Waals surface area contributed by atoms with Crippen molar-refractivity contribution in [3.63, 3.8) is 0 Å². The van der Waals surface area contributed by atoms with Crippen molar-refractivity contribution in [1.82, 2.24) is 4.98 Å². The number of nitrogens with zero attached hydrogens (tertiary/aromatic N) is 2. The Kier molecular flexibility index (Phi) is 3.99. The molecule has 1 amide bonds. The van der Waals surface area contributed by atoms with Gasteiger partial charge in [0.1, 0.15) is 11.3 Å². The van der Waals surface area contributed by atoms with Gasteiger partial charge in [0.25, 0.3) is 11.6 Å². The molecule has 21 heavy (non-hydrogen) atoms. The van der Waals surface area contributed by atoms with E-state index in [-0.39, 0.29) is 16.4 Å². The molecule has 0 saturated heterocycles. The minimum absolute atomic E-state index is 0.0536. The molecule has 0 unspecified atom stereocenters. The first-order valence-corrected chi connectivity index (χ1v) is 5.86. The van der Waals surface area contributed by atoms with Gasteiger partial charge in [-0.05, 0) is 12.1 Å². The standard InChI is InChI=1S/C12H7ClFN3O4/c13-11-8(4-7(5-15-11)17(20)21)12(19)16-6-1-2-10(18)9(14)3-6/h1-5,18H,(H,16,19). The van der Waals surface area contributed by atoms with Gasteiger partial charge in [0.15, 0.2) is 11.6 Å². The van der Waals surface area contributed by atoms with E-state index in [0.717, 1.165) is 24.4 Å². The lowest BCUT2D eigenvalue weighted by Crippen LogP contribution is -2.13. The molecular formula is C12H7ClFN3O4. The third-order valence-corrected chi connectivity index (χ3v) is 2.79. The maximum absolute atomic E-state index is 13.2. The van der Waals surface area contributed by atoms with Gasteiger partial charge in [-0.3, -0.25) is 14.9 Å². The van der Waals surface area contributed by atoms with Gasteiger partial charge < -0.3 is 10.4 Å². The van der Waals surface area contributed by atoms with Crippen LogP contribution in [0.5, 0.6) is 5.75 Å². The summed E-state index contributed by atoms with van der Waals surface area (Å²) in [7, 11) is 0. The predicted octanol–water partition coefficient (Wildman–Crippen LogP) is 2.74. The van der Waals surface area contributed by atoms with Crippen LogP contribution in [0.15, 0.2) is 30.5 Å². The molecule has 2 aromatic rings. The van der Waals surface area contributed by atoms with E-state index in [0.29, 0.717) is 0 Å². The molecule has 0 bridgehead atoms. The van der Waals surface area contributed by atoms with Crippen molar-refractivity contribution in [2.24, 2.45) is 0 Å². The van der Waals surface area contributed by atoms with Gasteiger partial charge in [0.05, 0.1) is 10.5 Å². The van der Waals surface area contributed by atoms with E-state index in [1.165, 1.54) is 6.07 Å². The Labute approximate surface area is 122 Å². The maximum atomic E-state index is 13.2. The zero-order valence-corrected chi connectivity index (χ0v) is 11.0. The molecule has 0 saturated carbocycles. The van der Waals surface area contributed by atoms with Crippen molar-refractivity contribution in [1.29, 1.82) is 0 Å². The number of phenolic OH excluding ortho intramolecular Hbond substituents is 1. The zero-order chi connectivity index (χ0) is 15.6. The molecular weight excluding hydrogens is 305 g/mol. The number of anilines is 1. The van der Waals surface area contributed by atoms with Crippen molar-refractivity contribution >= 4 is 28.9 Å². The highest BCUT2D eigenvalue weighted by Crippen LogP contribution is 2.23. The number of pyridine rings is 1. The lowest BCUT2D eigenvalue weighted by atomic mass is 10.2. The summed E-state index contributed by atoms with van der Waals surface area (Å²) in [6, 6.07) is 4.17. The second-order valence-corrected chi connectivity index (χ2v) is 4.27. The number of aromatic hydroxyl groups is 1. The van der Waals surface area contributed by atoms with E-state index in [1.807, 2.05) is 0 Å². The van der Waals surface area contributed by atoms with Crippen molar-refractivity contribution in [2.45, 2.75) is 0 Å². The Morgan fingerprint density at radius 2 is 2.14 bits per heavy atom. The Balaban J connectivity index is 2.29. The van der Waals surface area contributed by atoms with Crippen LogP contribution in [0.25, 0.3) is 0 Å². The predicted molar refractivity (Wildman–Crippen MR) is 71.9 cm³/mol. The van der Waals surface area contributed by atoms with Gasteiger partial charge in [-0.2, -0.15) is 0 Å². The van der Waals surface area contributed by atoms with Crippen LogP contribution >= 0.6 is 11.6 Å². The minimum atomic E-state index is -0.920. The number of amides is 1. The lowest BCUT2D eigenvalue weighted by Gasteiger charge is -2.07. The van der Waals surface area contributed by atoms with Crippen LogP contribution in [-0.2, 0) is 0 Å². The smallest absolute Gasteiger partial charge is 0.288 e. The summed E-state index contributed by atoms with van der Waals surface area (Å²) in [4.78, 5) is 25.4. The molecule has 0 aliphatic carbocycles. The van der Waals surface area contributed by atoms with Crippen molar-refractivity contribution in [3.05, 3.63) is 57.1 Å². The van der Waals surface area contributed by atoms with Crippen LogP contribution in [0.2, 0.25) is 5.15 Å². The van der Waals surface area contributed by atoms with Crippen LogP contribution in [0.1, 0.15) is 10.4 Å². The number of halogens is 2. The monoisotopic (exact) mass is 311 g/mol. The Hall–Kier alpha value is -2.74. The van der Waals surface area contributed by atoms with Crippen LogP contribution in [0, 0.1) is 15.9 Å². The summed E-state index contributed by atoms with van der Waals surface area (Å²) < 4.78 is 13.2. The molecule has 0 fully saturated rings. The van der Waals surface area contributed by atoms with Crippen LogP contribution in [0.4, 0.5) is 15.8 Å². The summed E-state index contributed by atoms with van der Waals surface area (Å²) in [5, 5.41) is 21.8. The topological polar surface area (TPSA) is 105 Å². The van der Waals surface area contributed by atoms with E-state index in [9.17, 15) is 19.3 Å². The van der Waals surface area contributed by atoms with Gasteiger partial charge in [0.2, 0.25) is 0 Å². The number of hydrogen-bond donors (Lipinski definition) is 2. The van der Waals surface area contributed by atoms with Crippen molar-refractivity contribution in [2.75, 3.05) is 5.32 Å². The normalized spacial score (nSPS) is 10.2. The van der Waals surface area contributed by atoms with Gasteiger partial charge in [-0.25, -0.2) is 9.37 Å². The van der Waals surface area contributed by atoms with E-state index in [4.69, 9.17) is 16.7 Å². The minimum Gasteiger partial charge on any atom is -0.505 e. The average molecular weight is 312 g/mol. The van der Waals surface area contributed by atoms with Crippen molar-refractivity contribution in [3.8, 4) is 5.75 Å². The molecule has 2 rings (SSSR count). The maximum Gasteiger partial charge on any atom is 0.288 e. The molecule has 0 atom stereocenters. The van der Waals surface area contributed by atoms with E-state index in [2.05, 4.69) is 10.3 Å². The molecule has 7 nitrogen and oxygen atoms in total. The van der Waals surface area contributed by atoms with Crippen LogP contribution < -0.4 is 5.32 Å². The van der Waals surface area contributed by atoms with Crippen molar-refractivity contribution < 1.29 is 19.2 Å². The lowest BCUT2D eigenvalue weighted by molar-refractivity contribution is -0.385. The number of phenols is 1. The fraction of sp³-hybridized carbons (Fsp3) is 0. The summed E-state index contributed by atoms with van der Waals surface area (Å²) in [5.74, 6) is -2.28. The molecule has 1 aromatic carbocycles. The number of nitrogens with one attached hydrogen (secondary N) is 1. The SMILES string of the molecule is O=C(Nc1ccc(O)c(F)c1)c1cc([N+](=O)[O-])cnc1Cl. The number of carbonyl (C=O) groups is 1. The largest absolute Gasteiger partial charge is 0.505 e. The summed E-state index contributed by atoms with van der Waals surface area (Å²) in [6.07, 6.45) is 0.916. The third kappa shape index (κ3) is 3.23. The molecule has 0 aliphatic heterocycles. The summed E-state index contributed by atoms with van der Waals surface area (Å²) >= 11 is 5.71. The highest BCUT2D eigenvalue weighted by Gasteiger charge is 2.17. The molecule has 0 spiro atoms. The first-order chi connectivity index (χ1) is 9.88. The van der Waals surface area contributed by atoms with E-state index >= 15 is 0 Å². The first-order valence-electron chi connectivity index (χ1n) is 5.48. The number of benzene rings is 1. The molecule has 0 aliphatic rings. The number of aromatic nitrogens is 1. The highest BCUT2D eigenvalue weighted by molar-refractivity contribution is 6.33. The zero-order valence-electron chi connectivity index (χ0n) is 10.2. The molecule has 1 aromatic heterocycles. The number of nitro groups is 1. The Bertz CT molecular complexity index is 738. The fourth-order valence-corrected chi connectivity index (χ4v) is 1.67. The highest BCUT2D eigenvalue weighted by atomic mass is 35.5. The second-order valence-electron chi connectivity index (χ2n) is 3.91. The number of rotatable bonds is 3. The molecule has 108 valence electrons. The fourth-order valence-electron chi connectivity index (χ4n) is 1.48. The quantitative estimate of drug-likeness (QED) is 0.392. The van der Waals surface area contributed by atoms with E-state index in [1.54, 1.807) is 0 Å². The van der Waals surface area contributed by atoms with E-state index < -0.39 is 28.1 Å². The van der Waals surface area contributed by atoms with Gasteiger partial charge in [0, 0.05) is 17.8 Å². The number of hydrogen-bond acceptors (Lipinski definition) is 5. The average Bonchev–Trinajstić information content (AvgIpc) is 2.43. The van der Waals surface area contributed by atoms with Gasteiger partial charge in [-0.1, -0.05) is 11.6 Å². The first kappa shape index (κ1) is 14.7. The molecule has 9 heteroatoms.